The molecule has 0 radical (unpaired) electrons. The topological polar surface area (TPSA) is 63.2 Å². The Morgan fingerprint density at radius 1 is 0.960 bits per heavy atom. The first-order chi connectivity index (χ1) is 11.9. The number of rotatable bonds is 4. The molecule has 0 aromatic heterocycles. The molecule has 1 N–H and O–H groups in total. The van der Waals surface area contributed by atoms with Crippen molar-refractivity contribution in [2.24, 2.45) is 0 Å². The summed E-state index contributed by atoms with van der Waals surface area (Å²) in [6, 6.07) is 14.1. The predicted molar refractivity (Wildman–Crippen MR) is 95.7 cm³/mol. The molecule has 1 aliphatic carbocycles. The number of carbonyl (C=O) groups excluding carboxylic acids is 3. The van der Waals surface area contributed by atoms with E-state index in [0.29, 0.717) is 22.6 Å². The van der Waals surface area contributed by atoms with E-state index >= 15 is 0 Å². The highest BCUT2D eigenvalue weighted by Gasteiger charge is 2.55. The largest absolute Gasteiger partial charge is 0.333 e. The molecule has 0 atom stereocenters. The summed E-state index contributed by atoms with van der Waals surface area (Å²) in [7, 11) is 0. The van der Waals surface area contributed by atoms with Crippen LogP contribution in [0.3, 0.4) is 0 Å². The third-order valence-corrected chi connectivity index (χ3v) is 4.76. The first kappa shape index (κ1) is 17.1. The molecule has 0 saturated heterocycles. The van der Waals surface area contributed by atoms with Gasteiger partial charge in [-0.05, 0) is 17.0 Å². The minimum absolute atomic E-state index is 0.197. The normalized spacial score (nSPS) is 15.4. The second-order valence-corrected chi connectivity index (χ2v) is 6.63. The third kappa shape index (κ3) is 2.58. The molecular weight excluding hydrogens is 314 g/mol. The zero-order valence-corrected chi connectivity index (χ0v) is 14.6. The van der Waals surface area contributed by atoms with E-state index in [9.17, 15) is 14.4 Å². The molecule has 0 bridgehead atoms. The monoisotopic (exact) mass is 335 g/mol. The summed E-state index contributed by atoms with van der Waals surface area (Å²) in [6.07, 6.45) is 0.197. The van der Waals surface area contributed by atoms with Crippen LogP contribution in [0.5, 0.6) is 0 Å². The van der Waals surface area contributed by atoms with E-state index in [-0.39, 0.29) is 23.9 Å². The van der Waals surface area contributed by atoms with Gasteiger partial charge in [-0.15, -0.1) is 0 Å². The van der Waals surface area contributed by atoms with Gasteiger partial charge in [-0.3, -0.25) is 14.4 Å². The van der Waals surface area contributed by atoms with Crippen LogP contribution in [0.2, 0.25) is 0 Å². The van der Waals surface area contributed by atoms with Crippen molar-refractivity contribution in [2.45, 2.75) is 38.6 Å². The molecule has 1 aliphatic rings. The molecule has 0 unspecified atom stereocenters. The van der Waals surface area contributed by atoms with E-state index in [1.165, 1.54) is 0 Å². The maximum Gasteiger partial charge on any atom is 0.221 e. The van der Waals surface area contributed by atoms with Gasteiger partial charge in [0.15, 0.2) is 5.54 Å². The van der Waals surface area contributed by atoms with E-state index in [2.05, 4.69) is 19.2 Å². The summed E-state index contributed by atoms with van der Waals surface area (Å²) in [5.41, 5.74) is 0.668. The van der Waals surface area contributed by atoms with Crippen molar-refractivity contribution in [3.63, 3.8) is 0 Å². The average molecular weight is 335 g/mol. The van der Waals surface area contributed by atoms with Gasteiger partial charge in [-0.2, -0.15) is 0 Å². The molecule has 0 spiro atoms. The lowest BCUT2D eigenvalue weighted by molar-refractivity contribution is -0.122. The van der Waals surface area contributed by atoms with E-state index in [1.807, 2.05) is 12.1 Å². The van der Waals surface area contributed by atoms with E-state index in [1.54, 1.807) is 43.3 Å². The van der Waals surface area contributed by atoms with Crippen LogP contribution in [0.25, 0.3) is 0 Å². The first-order valence-corrected chi connectivity index (χ1v) is 8.52. The lowest BCUT2D eigenvalue weighted by Crippen LogP contribution is -2.53. The quantitative estimate of drug-likeness (QED) is 0.868. The Morgan fingerprint density at radius 2 is 1.48 bits per heavy atom. The van der Waals surface area contributed by atoms with Crippen molar-refractivity contribution in [2.75, 3.05) is 0 Å². The van der Waals surface area contributed by atoms with Gasteiger partial charge in [0.25, 0.3) is 0 Å². The fourth-order valence-corrected chi connectivity index (χ4v) is 3.25. The molecule has 0 aliphatic heterocycles. The number of ketones is 2. The minimum atomic E-state index is -1.66. The lowest BCUT2D eigenvalue weighted by atomic mass is 9.83. The summed E-state index contributed by atoms with van der Waals surface area (Å²) >= 11 is 0. The smallest absolute Gasteiger partial charge is 0.221 e. The number of Topliss-reactive ketones (excluding diaryl/α,β-unsaturated/α-hetero) is 2. The number of carbonyl (C=O) groups is 3. The highest BCUT2D eigenvalue weighted by molar-refractivity contribution is 6.33. The number of benzene rings is 2. The maximum atomic E-state index is 13.2. The van der Waals surface area contributed by atoms with Crippen molar-refractivity contribution in [1.82, 2.24) is 5.32 Å². The van der Waals surface area contributed by atoms with Crippen LogP contribution < -0.4 is 5.32 Å². The van der Waals surface area contributed by atoms with Gasteiger partial charge in [0.1, 0.15) is 0 Å². The number of fused-ring (bicyclic) bond motifs is 1. The van der Waals surface area contributed by atoms with Crippen molar-refractivity contribution in [1.29, 1.82) is 0 Å². The zero-order valence-electron chi connectivity index (χ0n) is 14.6. The van der Waals surface area contributed by atoms with Crippen molar-refractivity contribution in [3.8, 4) is 0 Å². The summed E-state index contributed by atoms with van der Waals surface area (Å²) in [4.78, 5) is 38.5. The first-order valence-electron chi connectivity index (χ1n) is 8.52. The standard InChI is InChI=1S/C21H21NO3/c1-4-18(23)22-21(15-11-9-14(10-12-15)13(2)3)19(24)16-7-5-6-8-17(16)20(21)25/h5-13H,4H2,1-3H3,(H,22,23). The molecule has 4 nitrogen and oxygen atoms in total. The minimum Gasteiger partial charge on any atom is -0.333 e. The predicted octanol–water partition coefficient (Wildman–Crippen LogP) is 3.61. The molecule has 3 rings (SSSR count). The zero-order chi connectivity index (χ0) is 18.2. The average Bonchev–Trinajstić information content (AvgIpc) is 2.84. The molecule has 1 amide bonds. The van der Waals surface area contributed by atoms with Gasteiger partial charge in [0.05, 0.1) is 0 Å². The molecule has 128 valence electrons. The van der Waals surface area contributed by atoms with Gasteiger partial charge in [-0.25, -0.2) is 0 Å². The van der Waals surface area contributed by atoms with Crippen LogP contribution in [0.4, 0.5) is 0 Å². The fraction of sp³-hybridized carbons (Fsp3) is 0.286. The van der Waals surface area contributed by atoms with Crippen LogP contribution in [-0.4, -0.2) is 17.5 Å². The van der Waals surface area contributed by atoms with Gasteiger partial charge in [0.2, 0.25) is 17.5 Å². The summed E-state index contributed by atoms with van der Waals surface area (Å²) in [5.74, 6) is -0.732. The Bertz CT molecular complexity index is 815. The van der Waals surface area contributed by atoms with Crippen LogP contribution in [0, 0.1) is 0 Å². The van der Waals surface area contributed by atoms with E-state index in [4.69, 9.17) is 0 Å². The second-order valence-electron chi connectivity index (χ2n) is 6.63. The highest BCUT2D eigenvalue weighted by atomic mass is 16.2. The third-order valence-electron chi connectivity index (χ3n) is 4.76. The van der Waals surface area contributed by atoms with Gasteiger partial charge in [-0.1, -0.05) is 69.3 Å². The SMILES string of the molecule is CCC(=O)NC1(c2ccc(C(C)C)cc2)C(=O)c2ccccc2C1=O. The van der Waals surface area contributed by atoms with E-state index in [0.717, 1.165) is 5.56 Å². The van der Waals surface area contributed by atoms with Crippen molar-refractivity contribution in [3.05, 3.63) is 70.8 Å². The molecule has 25 heavy (non-hydrogen) atoms. The van der Waals surface area contributed by atoms with Crippen LogP contribution >= 0.6 is 0 Å². The van der Waals surface area contributed by atoms with E-state index < -0.39 is 5.54 Å². The van der Waals surface area contributed by atoms with Gasteiger partial charge < -0.3 is 5.32 Å². The Labute approximate surface area is 147 Å². The number of nitrogens with one attached hydrogen (secondary N) is 1. The number of hydrogen-bond donors (Lipinski definition) is 1. The molecule has 0 saturated carbocycles. The Balaban J connectivity index is 2.17. The summed E-state index contributed by atoms with van der Waals surface area (Å²) < 4.78 is 0. The molecule has 2 aromatic rings. The molecule has 0 fully saturated rings. The van der Waals surface area contributed by atoms with Crippen LogP contribution in [0.1, 0.15) is 65.0 Å². The Hall–Kier alpha value is -2.75. The fourth-order valence-electron chi connectivity index (χ4n) is 3.25. The second kappa shape index (κ2) is 6.28. The summed E-state index contributed by atoms with van der Waals surface area (Å²) in [5, 5.41) is 2.72. The van der Waals surface area contributed by atoms with Crippen LogP contribution in [-0.2, 0) is 10.3 Å². The number of amides is 1. The number of hydrogen-bond acceptors (Lipinski definition) is 3. The van der Waals surface area contributed by atoms with Crippen LogP contribution in [0.15, 0.2) is 48.5 Å². The molecular formula is C21H21NO3. The summed E-state index contributed by atoms with van der Waals surface area (Å²) in [6.45, 7) is 5.85. The van der Waals surface area contributed by atoms with Gasteiger partial charge in [0, 0.05) is 17.5 Å². The van der Waals surface area contributed by atoms with Crippen molar-refractivity contribution >= 4 is 17.5 Å². The van der Waals surface area contributed by atoms with Crippen molar-refractivity contribution < 1.29 is 14.4 Å². The highest BCUT2D eigenvalue weighted by Crippen LogP contribution is 2.38. The molecule has 4 heteroatoms. The van der Waals surface area contributed by atoms with Gasteiger partial charge >= 0.3 is 0 Å². The Kier molecular flexibility index (Phi) is 4.29. The maximum absolute atomic E-state index is 13.2. The lowest BCUT2D eigenvalue weighted by Gasteiger charge is -2.28. The molecule has 0 heterocycles. The molecule has 2 aromatic carbocycles. The Morgan fingerprint density at radius 3 is 1.92 bits per heavy atom.